The first-order chi connectivity index (χ1) is 29.6. The van der Waals surface area contributed by atoms with Gasteiger partial charge in [-0.05, 0) is 130 Å². The number of carbonyl (C=O) groups is 4. The number of nitrogens with zero attached hydrogens (tertiary/aromatic N) is 7. The number of imide groups is 1. The van der Waals surface area contributed by atoms with E-state index in [1.807, 2.05) is 11.9 Å². The molecule has 3 atom stereocenters. The van der Waals surface area contributed by atoms with Crippen molar-refractivity contribution in [1.82, 2.24) is 35.1 Å². The molecule has 2 unspecified atom stereocenters. The van der Waals surface area contributed by atoms with Crippen LogP contribution in [-0.4, -0.2) is 112 Å². The number of carbonyl (C=O) groups excluding carboxylic acids is 4. The lowest BCUT2D eigenvalue weighted by Crippen LogP contribution is -2.49. The van der Waals surface area contributed by atoms with Gasteiger partial charge in [-0.25, -0.2) is 14.8 Å². The van der Waals surface area contributed by atoms with E-state index in [0.717, 1.165) is 81.6 Å². The van der Waals surface area contributed by atoms with E-state index in [1.165, 1.54) is 55.2 Å². The van der Waals surface area contributed by atoms with Gasteiger partial charge in [0.1, 0.15) is 11.5 Å². The van der Waals surface area contributed by atoms with Gasteiger partial charge in [0.05, 0.1) is 18.2 Å². The summed E-state index contributed by atoms with van der Waals surface area (Å²) in [6.07, 6.45) is 13.7. The molecule has 4 N–H and O–H groups in total. The van der Waals surface area contributed by atoms with E-state index < -0.39 is 11.8 Å². The van der Waals surface area contributed by atoms with Gasteiger partial charge < -0.3 is 35.2 Å². The Balaban J connectivity index is 0.716. The van der Waals surface area contributed by atoms with Gasteiger partial charge in [-0.1, -0.05) is 23.4 Å². The van der Waals surface area contributed by atoms with Crippen molar-refractivity contribution >= 4 is 52.0 Å². The molecule has 5 fully saturated rings. The summed E-state index contributed by atoms with van der Waals surface area (Å²) in [5.41, 5.74) is 12.5. The van der Waals surface area contributed by atoms with Crippen LogP contribution in [0.25, 0.3) is 11.0 Å². The first kappa shape index (κ1) is 39.6. The number of nitrogens with one attached hydrogen (secondary N) is 2. The molecule has 0 bridgehead atoms. The molecular formula is C46H56N10O5. The molecule has 4 aromatic rings. The van der Waals surface area contributed by atoms with Crippen molar-refractivity contribution in [3.8, 4) is 0 Å². The number of likely N-dealkylation sites (tertiary alicyclic amines) is 1. The number of benzene rings is 2. The number of piperidine rings is 3. The van der Waals surface area contributed by atoms with Crippen LogP contribution in [0.4, 0.5) is 22.1 Å². The second-order valence-electron chi connectivity index (χ2n) is 18.7. The normalized spacial score (nSPS) is 24.8. The van der Waals surface area contributed by atoms with E-state index >= 15 is 0 Å². The highest BCUT2D eigenvalue weighted by molar-refractivity contribution is 6.02. The van der Waals surface area contributed by atoms with Crippen LogP contribution in [0.15, 0.2) is 47.1 Å². The Kier molecular flexibility index (Phi) is 10.4. The van der Waals surface area contributed by atoms with Gasteiger partial charge in [-0.15, -0.1) is 0 Å². The third-order valence-electron chi connectivity index (χ3n) is 15.0. The van der Waals surface area contributed by atoms with Gasteiger partial charge in [-0.3, -0.25) is 19.7 Å². The molecule has 4 aliphatic heterocycles. The zero-order chi connectivity index (χ0) is 41.8. The summed E-state index contributed by atoms with van der Waals surface area (Å²) in [4.78, 5) is 67.3. The maximum absolute atomic E-state index is 12.7. The summed E-state index contributed by atoms with van der Waals surface area (Å²) in [6, 6.07) is 13.0. The second kappa shape index (κ2) is 16.0. The summed E-state index contributed by atoms with van der Waals surface area (Å²) < 4.78 is 5.90. The van der Waals surface area contributed by atoms with Gasteiger partial charge in [0.15, 0.2) is 17.1 Å². The number of hydrogen-bond donors (Lipinski definition) is 3. The third kappa shape index (κ3) is 7.70. The van der Waals surface area contributed by atoms with Crippen LogP contribution in [-0.2, 0) is 22.4 Å². The molecule has 15 heteroatoms. The Labute approximate surface area is 355 Å². The van der Waals surface area contributed by atoms with Crippen molar-refractivity contribution in [3.05, 3.63) is 70.7 Å². The minimum absolute atomic E-state index is 0.0758. The number of primary amides is 1. The fraction of sp³-hybridized carbons (Fsp3) is 0.543. The van der Waals surface area contributed by atoms with Crippen molar-refractivity contribution in [3.63, 3.8) is 0 Å². The minimum atomic E-state index is -0.636. The molecular weight excluding hydrogens is 773 g/mol. The fourth-order valence-corrected chi connectivity index (χ4v) is 11.4. The molecule has 6 aliphatic rings. The first-order valence-corrected chi connectivity index (χ1v) is 22.4. The van der Waals surface area contributed by atoms with Crippen LogP contribution in [0, 0.1) is 11.3 Å². The predicted molar refractivity (Wildman–Crippen MR) is 230 cm³/mol. The van der Waals surface area contributed by atoms with Gasteiger partial charge in [0.25, 0.3) is 5.91 Å². The van der Waals surface area contributed by atoms with Crippen molar-refractivity contribution in [1.29, 1.82) is 0 Å². The van der Waals surface area contributed by atoms with Gasteiger partial charge in [0, 0.05) is 62.8 Å². The number of aromatic nitrogens is 3. The molecule has 4 saturated heterocycles. The molecule has 6 heterocycles. The number of urea groups is 1. The average molecular weight is 829 g/mol. The van der Waals surface area contributed by atoms with Crippen molar-refractivity contribution in [2.24, 2.45) is 17.1 Å². The Morgan fingerprint density at radius 1 is 0.951 bits per heavy atom. The molecule has 5 amide bonds. The minimum Gasteiger partial charge on any atom is -0.364 e. The Bertz CT molecular complexity index is 2350. The van der Waals surface area contributed by atoms with E-state index in [0.29, 0.717) is 54.0 Å². The molecule has 1 saturated carbocycles. The van der Waals surface area contributed by atoms with E-state index in [-0.39, 0.29) is 29.6 Å². The van der Waals surface area contributed by atoms with Crippen LogP contribution < -0.4 is 21.3 Å². The summed E-state index contributed by atoms with van der Waals surface area (Å²) in [5, 5.41) is 11.1. The highest BCUT2D eigenvalue weighted by Crippen LogP contribution is 2.49. The molecule has 2 aromatic carbocycles. The summed E-state index contributed by atoms with van der Waals surface area (Å²) >= 11 is 0. The molecule has 320 valence electrons. The number of anilines is 3. The van der Waals surface area contributed by atoms with E-state index in [1.54, 1.807) is 11.1 Å². The Hall–Kier alpha value is -5.57. The van der Waals surface area contributed by atoms with Crippen molar-refractivity contribution in [2.45, 2.75) is 94.9 Å². The monoisotopic (exact) mass is 828 g/mol. The predicted octanol–water partition coefficient (Wildman–Crippen LogP) is 5.47. The number of fused-ring (bicyclic) bond motifs is 3. The molecule has 0 radical (unpaired) electrons. The highest BCUT2D eigenvalue weighted by atomic mass is 16.5. The Morgan fingerprint density at radius 3 is 2.49 bits per heavy atom. The summed E-state index contributed by atoms with van der Waals surface area (Å²) in [7, 11) is 1.84. The topological polar surface area (TPSA) is 183 Å². The van der Waals surface area contributed by atoms with Crippen LogP contribution in [0.1, 0.15) is 109 Å². The van der Waals surface area contributed by atoms with Crippen molar-refractivity contribution in [2.75, 3.05) is 63.1 Å². The smallest absolute Gasteiger partial charge is 0.320 e. The largest absolute Gasteiger partial charge is 0.364 e. The fourth-order valence-electron chi connectivity index (χ4n) is 11.4. The number of amides is 5. The quantitative estimate of drug-likeness (QED) is 0.182. The second-order valence-corrected chi connectivity index (χ2v) is 18.7. The highest BCUT2D eigenvalue weighted by Gasteiger charge is 2.40. The van der Waals surface area contributed by atoms with E-state index in [2.05, 4.69) is 67.0 Å². The lowest BCUT2D eigenvalue weighted by atomic mass is 9.64. The Morgan fingerprint density at radius 2 is 1.75 bits per heavy atom. The van der Waals surface area contributed by atoms with Gasteiger partial charge >= 0.3 is 6.03 Å². The third-order valence-corrected chi connectivity index (χ3v) is 15.0. The van der Waals surface area contributed by atoms with Gasteiger partial charge in [0.2, 0.25) is 11.8 Å². The first-order valence-electron chi connectivity index (χ1n) is 22.4. The lowest BCUT2D eigenvalue weighted by Gasteiger charge is -2.46. The van der Waals surface area contributed by atoms with Crippen LogP contribution in [0.5, 0.6) is 0 Å². The number of nitrogens with two attached hydrogens (primary N) is 1. The van der Waals surface area contributed by atoms with E-state index in [4.69, 9.17) is 15.2 Å². The van der Waals surface area contributed by atoms with Gasteiger partial charge in [-0.2, -0.15) is 0 Å². The molecule has 2 aromatic heterocycles. The zero-order valence-electron chi connectivity index (χ0n) is 35.0. The lowest BCUT2D eigenvalue weighted by molar-refractivity contribution is -0.134. The maximum atomic E-state index is 12.7. The van der Waals surface area contributed by atoms with Crippen LogP contribution in [0.2, 0.25) is 0 Å². The van der Waals surface area contributed by atoms with Crippen molar-refractivity contribution < 1.29 is 23.7 Å². The molecule has 2 aliphatic carbocycles. The standard InChI is InChI=1S/C46H56N10O5/c1-53-21-22-56(45(53)60)33-3-2-18-55(27-33)37-25-48-40(42(47)58)43(50-37)49-32-7-4-29(5-8-32)30-12-14-46(15-13-30)16-19-54(20-17-46)26-28-23-31-6-9-34-39(52-61-41(34)36(31)24-28)35-10-11-38(57)51-44(35)59/h4-9,25,28,30,33,35H,2-3,10-24,26-27H2,1H3,(H2,47,58)(H,49,50)(H,51,57,59)/t28?,33-,35?/m1/s1. The molecule has 15 nitrogen and oxygen atoms in total. The summed E-state index contributed by atoms with van der Waals surface area (Å²) in [5.74, 6) is 0.469. The van der Waals surface area contributed by atoms with Crippen LogP contribution >= 0.6 is 0 Å². The van der Waals surface area contributed by atoms with Crippen LogP contribution in [0.3, 0.4) is 0 Å². The van der Waals surface area contributed by atoms with E-state index in [9.17, 15) is 19.2 Å². The molecule has 1 spiro atoms. The SMILES string of the molecule is CN1CCN([C@@H]2CCCN(c3cnc(C(N)=O)c(Nc4ccc(C5CCC6(CC5)CCN(CC5Cc7ccc8c(C9CCC(=O)NC9=O)noc8c7C5)CC6)cc4)n3)C2)C1=O. The molecule has 10 rings (SSSR count). The number of rotatable bonds is 9. The number of hydrogen-bond acceptors (Lipinski definition) is 11. The average Bonchev–Trinajstić information content (AvgIpc) is 3.98. The maximum Gasteiger partial charge on any atom is 0.320 e. The zero-order valence-corrected chi connectivity index (χ0v) is 35.0. The number of likely N-dealkylation sites (N-methyl/N-ethyl adjacent to an activating group) is 1. The summed E-state index contributed by atoms with van der Waals surface area (Å²) in [6.45, 7) is 6.30. The molecule has 61 heavy (non-hydrogen) atoms.